The molecule has 0 spiro atoms. The summed E-state index contributed by atoms with van der Waals surface area (Å²) in [6.07, 6.45) is 0. The van der Waals surface area contributed by atoms with Crippen molar-refractivity contribution in [2.75, 3.05) is 0 Å². The second kappa shape index (κ2) is 4.00. The lowest BCUT2D eigenvalue weighted by atomic mass is 10.1. The lowest BCUT2D eigenvalue weighted by Gasteiger charge is -2.00. The van der Waals surface area contributed by atoms with E-state index in [4.69, 9.17) is 0 Å². The molecular weight excluding hydrogens is 276 g/mol. The molecule has 0 saturated heterocycles. The summed E-state index contributed by atoms with van der Waals surface area (Å²) in [6, 6.07) is 14.4. The number of aromatic nitrogens is 2. The number of hydrogen-bond donors (Lipinski definition) is 1. The number of para-hydroxylation sites is 2. The maximum Gasteiger partial charge on any atom is 0.138 e. The number of halogens is 1. The minimum atomic E-state index is 0.913. The fourth-order valence-electron chi connectivity index (χ4n) is 1.96. The van der Waals surface area contributed by atoms with Crippen molar-refractivity contribution in [3.8, 4) is 11.4 Å². The molecule has 0 saturated carbocycles. The third kappa shape index (κ3) is 1.98. The van der Waals surface area contributed by atoms with Gasteiger partial charge in [0.15, 0.2) is 0 Å². The van der Waals surface area contributed by atoms with E-state index in [1.54, 1.807) is 0 Å². The summed E-state index contributed by atoms with van der Waals surface area (Å²) in [5.74, 6) is 0.913. The fourth-order valence-corrected chi connectivity index (χ4v) is 2.57. The summed E-state index contributed by atoms with van der Waals surface area (Å²) in [5.41, 5.74) is 4.39. The highest BCUT2D eigenvalue weighted by Gasteiger charge is 2.05. The molecule has 0 aliphatic heterocycles. The van der Waals surface area contributed by atoms with E-state index in [1.165, 1.54) is 5.56 Å². The molecule has 0 radical (unpaired) electrons. The molecule has 0 aliphatic carbocycles. The normalized spacial score (nSPS) is 10.9. The van der Waals surface area contributed by atoms with Crippen LogP contribution in [0.3, 0.4) is 0 Å². The molecule has 1 aromatic heterocycles. The second-order valence-corrected chi connectivity index (χ2v) is 5.04. The summed E-state index contributed by atoms with van der Waals surface area (Å²) in [7, 11) is 0. The maximum atomic E-state index is 4.59. The summed E-state index contributed by atoms with van der Waals surface area (Å²) >= 11 is 3.51. The van der Waals surface area contributed by atoms with Crippen LogP contribution >= 0.6 is 15.9 Å². The number of hydrogen-bond acceptors (Lipinski definition) is 1. The van der Waals surface area contributed by atoms with Gasteiger partial charge in [-0.25, -0.2) is 4.98 Å². The third-order valence-corrected chi connectivity index (χ3v) is 3.16. The number of fused-ring (bicyclic) bond motifs is 1. The van der Waals surface area contributed by atoms with Crippen molar-refractivity contribution in [2.45, 2.75) is 6.92 Å². The van der Waals surface area contributed by atoms with E-state index in [9.17, 15) is 0 Å². The van der Waals surface area contributed by atoms with Gasteiger partial charge in [-0.2, -0.15) is 0 Å². The van der Waals surface area contributed by atoms with Gasteiger partial charge in [0, 0.05) is 10.0 Å². The summed E-state index contributed by atoms with van der Waals surface area (Å²) in [6.45, 7) is 2.08. The van der Waals surface area contributed by atoms with Crippen LogP contribution in [0, 0.1) is 6.92 Å². The molecule has 17 heavy (non-hydrogen) atoms. The molecule has 0 amide bonds. The van der Waals surface area contributed by atoms with E-state index in [-0.39, 0.29) is 0 Å². The lowest BCUT2D eigenvalue weighted by molar-refractivity contribution is 1.32. The average Bonchev–Trinajstić information content (AvgIpc) is 2.71. The molecule has 2 aromatic carbocycles. The third-order valence-electron chi connectivity index (χ3n) is 2.70. The van der Waals surface area contributed by atoms with Crippen molar-refractivity contribution in [1.82, 2.24) is 9.97 Å². The monoisotopic (exact) mass is 286 g/mol. The largest absolute Gasteiger partial charge is 0.338 e. The SMILES string of the molecule is Cc1cc(Br)cc(-c2nc3ccccc3[nH]2)c1. The first-order valence-corrected chi connectivity index (χ1v) is 6.24. The van der Waals surface area contributed by atoms with E-state index in [1.807, 2.05) is 24.3 Å². The van der Waals surface area contributed by atoms with Crippen molar-refractivity contribution in [2.24, 2.45) is 0 Å². The molecule has 84 valence electrons. The second-order valence-electron chi connectivity index (χ2n) is 4.12. The van der Waals surface area contributed by atoms with E-state index < -0.39 is 0 Å². The molecule has 3 rings (SSSR count). The number of nitrogens with zero attached hydrogens (tertiary/aromatic N) is 1. The fraction of sp³-hybridized carbons (Fsp3) is 0.0714. The Kier molecular flexibility index (Phi) is 2.48. The molecule has 1 N–H and O–H groups in total. The Bertz CT molecular complexity index is 632. The first kappa shape index (κ1) is 10.5. The van der Waals surface area contributed by atoms with Crippen molar-refractivity contribution in [1.29, 1.82) is 0 Å². The van der Waals surface area contributed by atoms with E-state index in [0.717, 1.165) is 26.9 Å². The highest BCUT2D eigenvalue weighted by molar-refractivity contribution is 9.10. The molecular formula is C14H11BrN2. The molecule has 0 fully saturated rings. The van der Waals surface area contributed by atoms with Gasteiger partial charge in [0.25, 0.3) is 0 Å². The van der Waals surface area contributed by atoms with E-state index in [2.05, 4.69) is 51.0 Å². The quantitative estimate of drug-likeness (QED) is 0.710. The van der Waals surface area contributed by atoms with Crippen LogP contribution < -0.4 is 0 Å². The number of benzene rings is 2. The average molecular weight is 287 g/mol. The van der Waals surface area contributed by atoms with Gasteiger partial charge in [0.2, 0.25) is 0 Å². The minimum absolute atomic E-state index is 0.913. The van der Waals surface area contributed by atoms with Crippen molar-refractivity contribution < 1.29 is 0 Å². The Hall–Kier alpha value is -1.61. The standard InChI is InChI=1S/C14H11BrN2/c1-9-6-10(8-11(15)7-9)14-16-12-4-2-3-5-13(12)17-14/h2-8H,1H3,(H,16,17). The number of nitrogens with one attached hydrogen (secondary N) is 1. The van der Waals surface area contributed by atoms with E-state index in [0.29, 0.717) is 0 Å². The van der Waals surface area contributed by atoms with Gasteiger partial charge in [-0.05, 0) is 42.8 Å². The molecule has 0 atom stereocenters. The Balaban J connectivity index is 2.20. The number of aryl methyl sites for hydroxylation is 1. The lowest BCUT2D eigenvalue weighted by Crippen LogP contribution is -1.82. The summed E-state index contributed by atoms with van der Waals surface area (Å²) in [4.78, 5) is 7.92. The highest BCUT2D eigenvalue weighted by Crippen LogP contribution is 2.24. The van der Waals surface area contributed by atoms with Gasteiger partial charge in [-0.1, -0.05) is 28.1 Å². The van der Waals surface area contributed by atoms with Crippen LogP contribution in [0.1, 0.15) is 5.56 Å². The predicted octanol–water partition coefficient (Wildman–Crippen LogP) is 4.30. The predicted molar refractivity (Wildman–Crippen MR) is 74.0 cm³/mol. The van der Waals surface area contributed by atoms with Crippen LogP contribution in [0.5, 0.6) is 0 Å². The van der Waals surface area contributed by atoms with Crippen molar-refractivity contribution in [3.05, 3.63) is 52.5 Å². The Morgan fingerprint density at radius 3 is 2.71 bits per heavy atom. The van der Waals surface area contributed by atoms with Crippen LogP contribution in [0.2, 0.25) is 0 Å². The van der Waals surface area contributed by atoms with Crippen LogP contribution in [0.25, 0.3) is 22.4 Å². The van der Waals surface area contributed by atoms with Crippen LogP contribution in [0.15, 0.2) is 46.9 Å². The summed E-state index contributed by atoms with van der Waals surface area (Å²) in [5, 5.41) is 0. The van der Waals surface area contributed by atoms with Gasteiger partial charge < -0.3 is 4.98 Å². The molecule has 2 nitrogen and oxygen atoms in total. The smallest absolute Gasteiger partial charge is 0.138 e. The Labute approximate surface area is 108 Å². The Morgan fingerprint density at radius 2 is 1.94 bits per heavy atom. The first-order chi connectivity index (χ1) is 8.22. The molecule has 3 heteroatoms. The van der Waals surface area contributed by atoms with E-state index >= 15 is 0 Å². The Morgan fingerprint density at radius 1 is 1.12 bits per heavy atom. The maximum absolute atomic E-state index is 4.59. The van der Waals surface area contributed by atoms with Crippen molar-refractivity contribution in [3.63, 3.8) is 0 Å². The number of rotatable bonds is 1. The van der Waals surface area contributed by atoms with Crippen molar-refractivity contribution >= 4 is 27.0 Å². The number of aromatic amines is 1. The molecule has 0 bridgehead atoms. The van der Waals surface area contributed by atoms with Gasteiger partial charge in [0.1, 0.15) is 5.82 Å². The number of imidazole rings is 1. The zero-order valence-corrected chi connectivity index (χ0v) is 11.0. The van der Waals surface area contributed by atoms with Gasteiger partial charge in [0.05, 0.1) is 11.0 Å². The van der Waals surface area contributed by atoms with Gasteiger partial charge in [-0.3, -0.25) is 0 Å². The first-order valence-electron chi connectivity index (χ1n) is 5.45. The zero-order chi connectivity index (χ0) is 11.8. The molecule has 0 unspecified atom stereocenters. The van der Waals surface area contributed by atoms with Crippen LogP contribution in [-0.2, 0) is 0 Å². The highest BCUT2D eigenvalue weighted by atomic mass is 79.9. The number of H-pyrrole nitrogens is 1. The topological polar surface area (TPSA) is 28.7 Å². The van der Waals surface area contributed by atoms with Gasteiger partial charge in [-0.15, -0.1) is 0 Å². The van der Waals surface area contributed by atoms with Crippen LogP contribution in [0.4, 0.5) is 0 Å². The zero-order valence-electron chi connectivity index (χ0n) is 9.37. The molecule has 1 heterocycles. The van der Waals surface area contributed by atoms with Crippen LogP contribution in [-0.4, -0.2) is 9.97 Å². The van der Waals surface area contributed by atoms with Gasteiger partial charge >= 0.3 is 0 Å². The molecule has 3 aromatic rings. The molecule has 0 aliphatic rings. The minimum Gasteiger partial charge on any atom is -0.338 e. The summed E-state index contributed by atoms with van der Waals surface area (Å²) < 4.78 is 1.08.